The fraction of sp³-hybridized carbons (Fsp3) is 0.0323. The van der Waals surface area contributed by atoms with Crippen molar-refractivity contribution in [2.24, 2.45) is 0 Å². The third-order valence-corrected chi connectivity index (χ3v) is 6.88. The molecule has 7 nitrogen and oxygen atoms in total. The summed E-state index contributed by atoms with van der Waals surface area (Å²) in [6, 6.07) is 29.2. The number of hydrogen-bond acceptors (Lipinski definition) is 5. The number of aryl methyl sites for hydroxylation is 1. The first-order valence-corrected chi connectivity index (χ1v) is 12.4. The second-order valence-corrected chi connectivity index (χ2v) is 9.24. The summed E-state index contributed by atoms with van der Waals surface area (Å²) in [6.07, 6.45) is 3.46. The zero-order chi connectivity index (χ0) is 26.1. The Morgan fingerprint density at radius 2 is 1.57 bits per heavy atom. The van der Waals surface area contributed by atoms with Crippen LogP contribution < -0.4 is 4.74 Å². The predicted molar refractivity (Wildman–Crippen MR) is 147 cm³/mol. The maximum atomic E-state index is 15.5. The van der Waals surface area contributed by atoms with E-state index in [0.29, 0.717) is 22.2 Å². The summed E-state index contributed by atoms with van der Waals surface area (Å²) in [5.41, 5.74) is 3.10. The van der Waals surface area contributed by atoms with E-state index in [9.17, 15) is 0 Å². The fourth-order valence-electron chi connectivity index (χ4n) is 5.25. The van der Waals surface area contributed by atoms with E-state index in [4.69, 9.17) is 4.74 Å². The first-order valence-electron chi connectivity index (χ1n) is 12.4. The Bertz CT molecular complexity index is 2240. The summed E-state index contributed by atoms with van der Waals surface area (Å²) < 4.78 is 25.3. The third kappa shape index (κ3) is 3.60. The molecule has 5 heterocycles. The summed E-state index contributed by atoms with van der Waals surface area (Å²) in [4.78, 5) is 13.6. The van der Waals surface area contributed by atoms with Gasteiger partial charge in [-0.15, -0.1) is 10.9 Å². The fourth-order valence-corrected chi connectivity index (χ4v) is 5.25. The van der Waals surface area contributed by atoms with E-state index in [-0.39, 0.29) is 32.7 Å². The van der Waals surface area contributed by atoms with E-state index in [1.165, 1.54) is 6.07 Å². The molecule has 9 heteroatoms. The Morgan fingerprint density at radius 3 is 2.38 bits per heavy atom. The topological polar surface area (TPSA) is 70.1 Å². The number of rotatable bonds is 3. The molecule has 0 fully saturated rings. The van der Waals surface area contributed by atoms with Crippen LogP contribution in [0.2, 0.25) is 0 Å². The van der Waals surface area contributed by atoms with Gasteiger partial charge >= 0.3 is 21.1 Å². The third-order valence-electron chi connectivity index (χ3n) is 6.88. The van der Waals surface area contributed by atoms with E-state index >= 15 is 4.39 Å². The molecule has 194 valence electrons. The molecule has 0 aliphatic carbocycles. The van der Waals surface area contributed by atoms with Crippen LogP contribution in [0.15, 0.2) is 85.2 Å². The van der Waals surface area contributed by atoms with E-state index in [1.54, 1.807) is 16.9 Å². The van der Waals surface area contributed by atoms with Crippen molar-refractivity contribution in [3.63, 3.8) is 0 Å². The van der Waals surface area contributed by atoms with Gasteiger partial charge in [0.05, 0.1) is 22.7 Å². The molecule has 0 bridgehead atoms. The van der Waals surface area contributed by atoms with Gasteiger partial charge < -0.3 is 9.30 Å². The number of fused-ring (bicyclic) bond motifs is 9. The molecule has 0 saturated heterocycles. The van der Waals surface area contributed by atoms with Gasteiger partial charge in [-0.05, 0) is 42.8 Å². The van der Waals surface area contributed by atoms with Crippen molar-refractivity contribution in [2.45, 2.75) is 6.92 Å². The van der Waals surface area contributed by atoms with Crippen LogP contribution >= 0.6 is 0 Å². The van der Waals surface area contributed by atoms with Gasteiger partial charge in [0, 0.05) is 11.7 Å². The standard InChI is InChI=1S/C31H17FN6O.Pt/c1-18-35-31-22-15-28(24(32)14-21(22)19-8-3-5-11-26(19)38(31)36-18)39-30-16-27-23(17-34-30)20-9-2-4-10-25(20)37(27)29-12-6-7-13-33-29;/h2-14,17H,1H3;/q-2;+2. The van der Waals surface area contributed by atoms with Crippen LogP contribution in [0.5, 0.6) is 11.6 Å². The first-order chi connectivity index (χ1) is 19.2. The predicted octanol–water partition coefficient (Wildman–Crippen LogP) is 6.76. The molecule has 8 rings (SSSR count). The number of nitrogens with zero attached hydrogens (tertiary/aromatic N) is 6. The van der Waals surface area contributed by atoms with Crippen molar-refractivity contribution in [3.8, 4) is 17.4 Å². The Hall–Kier alpha value is -4.68. The molecule has 0 saturated carbocycles. The summed E-state index contributed by atoms with van der Waals surface area (Å²) in [5.74, 6) is 0.803. The SMILES string of the molecule is Cc1nc2c3[c-]c(Oc4[c-]c5c(cn4)c4ccccc4n5-c4ccccn4)c(F)cc3c3ccccc3n2n1.[Pt+2]. The van der Waals surface area contributed by atoms with E-state index in [2.05, 4.69) is 32.2 Å². The average Bonchev–Trinajstić information content (AvgIpc) is 3.52. The van der Waals surface area contributed by atoms with Crippen molar-refractivity contribution in [1.82, 2.24) is 29.1 Å². The monoisotopic (exact) mass is 703 g/mol. The molecule has 0 unspecified atom stereocenters. The molecule has 8 aromatic rings. The van der Waals surface area contributed by atoms with E-state index in [1.807, 2.05) is 78.2 Å². The largest absolute Gasteiger partial charge is 2.00 e. The number of aromatic nitrogens is 6. The van der Waals surface area contributed by atoms with Crippen LogP contribution in [-0.2, 0) is 21.1 Å². The number of pyridine rings is 3. The molecule has 0 radical (unpaired) electrons. The molecule has 40 heavy (non-hydrogen) atoms. The second-order valence-electron chi connectivity index (χ2n) is 9.24. The van der Waals surface area contributed by atoms with Gasteiger partial charge in [0.15, 0.2) is 0 Å². The van der Waals surface area contributed by atoms with Crippen LogP contribution in [0.4, 0.5) is 4.39 Å². The molecule has 0 N–H and O–H groups in total. The number of halogens is 1. The van der Waals surface area contributed by atoms with Crippen LogP contribution in [0.3, 0.4) is 0 Å². The Kier molecular flexibility index (Phi) is 5.61. The molecular formula is C31H17FN6OPt. The normalized spacial score (nSPS) is 11.6. The number of ether oxygens (including phenoxy) is 1. The quantitative estimate of drug-likeness (QED) is 0.150. The zero-order valence-electron chi connectivity index (χ0n) is 20.9. The molecule has 0 aliphatic rings. The molecule has 3 aromatic carbocycles. The van der Waals surface area contributed by atoms with Gasteiger partial charge in [0.2, 0.25) is 0 Å². The Labute approximate surface area is 241 Å². The minimum atomic E-state index is -0.561. The maximum absolute atomic E-state index is 15.5. The smallest absolute Gasteiger partial charge is 0.475 e. The van der Waals surface area contributed by atoms with Gasteiger partial charge in [-0.3, -0.25) is 18.9 Å². The molecular weight excluding hydrogens is 686 g/mol. The van der Waals surface area contributed by atoms with Gasteiger partial charge in [0.25, 0.3) is 0 Å². The molecule has 0 amide bonds. The van der Waals surface area contributed by atoms with Crippen molar-refractivity contribution < 1.29 is 30.2 Å². The summed E-state index contributed by atoms with van der Waals surface area (Å²) in [5, 5.41) is 8.57. The minimum absolute atomic E-state index is 0. The van der Waals surface area contributed by atoms with E-state index in [0.717, 1.165) is 38.5 Å². The van der Waals surface area contributed by atoms with Crippen LogP contribution in [-0.4, -0.2) is 29.1 Å². The summed E-state index contributed by atoms with van der Waals surface area (Å²) in [6.45, 7) is 1.82. The molecule has 0 aliphatic heterocycles. The van der Waals surface area contributed by atoms with Crippen molar-refractivity contribution in [3.05, 3.63) is 109 Å². The average molecular weight is 704 g/mol. The van der Waals surface area contributed by atoms with Gasteiger partial charge in [-0.1, -0.05) is 70.8 Å². The van der Waals surface area contributed by atoms with Crippen molar-refractivity contribution in [2.75, 3.05) is 0 Å². The van der Waals surface area contributed by atoms with Crippen LogP contribution in [0.25, 0.3) is 54.9 Å². The maximum Gasteiger partial charge on any atom is 2.00 e. The van der Waals surface area contributed by atoms with Crippen LogP contribution in [0, 0.1) is 24.9 Å². The van der Waals surface area contributed by atoms with Gasteiger partial charge in [-0.2, -0.15) is 11.2 Å². The molecule has 0 spiro atoms. The Morgan fingerprint density at radius 1 is 0.825 bits per heavy atom. The summed E-state index contributed by atoms with van der Waals surface area (Å²) in [7, 11) is 0. The van der Waals surface area contributed by atoms with Gasteiger partial charge in [-0.25, -0.2) is 4.98 Å². The zero-order valence-corrected chi connectivity index (χ0v) is 23.1. The van der Waals surface area contributed by atoms with Crippen LogP contribution in [0.1, 0.15) is 5.82 Å². The van der Waals surface area contributed by atoms with Gasteiger partial charge in [0.1, 0.15) is 17.5 Å². The number of hydrogen-bond donors (Lipinski definition) is 0. The first kappa shape index (κ1) is 24.4. The second kappa shape index (κ2) is 9.21. The molecule has 0 atom stereocenters. The number of para-hydroxylation sites is 2. The van der Waals surface area contributed by atoms with Crippen molar-refractivity contribution in [1.29, 1.82) is 0 Å². The summed E-state index contributed by atoms with van der Waals surface area (Å²) >= 11 is 0. The minimum Gasteiger partial charge on any atom is -0.475 e. The van der Waals surface area contributed by atoms with E-state index < -0.39 is 5.82 Å². The Balaban J connectivity index is 0.00000264. The van der Waals surface area contributed by atoms with Crippen molar-refractivity contribution >= 4 is 49.1 Å². The molecule has 5 aromatic heterocycles. The number of benzene rings is 3.